The molecule has 0 radical (unpaired) electrons. The van der Waals surface area contributed by atoms with Crippen LogP contribution in [0.3, 0.4) is 0 Å². The molecule has 0 amide bonds. The second-order valence-corrected chi connectivity index (χ2v) is 4.94. The third-order valence-corrected chi connectivity index (χ3v) is 3.03. The van der Waals surface area contributed by atoms with Crippen molar-refractivity contribution in [3.05, 3.63) is 45.6 Å². The van der Waals surface area contributed by atoms with E-state index in [1.54, 1.807) is 14.1 Å². The monoisotopic (exact) mass is 297 g/mol. The first-order valence-corrected chi connectivity index (χ1v) is 6.06. The number of ketones is 1. The molecule has 112 valence electrons. The van der Waals surface area contributed by atoms with Crippen molar-refractivity contribution < 1.29 is 23.0 Å². The van der Waals surface area contributed by atoms with Crippen molar-refractivity contribution in [2.75, 3.05) is 20.6 Å². The molecule has 6 nitrogen and oxygen atoms in total. The van der Waals surface area contributed by atoms with Gasteiger partial charge >= 0.3 is 5.69 Å². The standard InChI is InChI=1S/C13H13F2N3O3/c1-7-13(12(19)6-16(2)3)18(21)11-5-9(15)8(14)4-10(11)17(7)20/h4-5H,6H2,1-3H3. The molecule has 0 spiro atoms. The Kier molecular flexibility index (Phi) is 3.73. The molecular weight excluding hydrogens is 284 g/mol. The van der Waals surface area contributed by atoms with Crippen molar-refractivity contribution in [3.63, 3.8) is 0 Å². The zero-order chi connectivity index (χ0) is 15.9. The molecule has 1 heterocycles. The zero-order valence-corrected chi connectivity index (χ0v) is 11.7. The summed E-state index contributed by atoms with van der Waals surface area (Å²) in [5.74, 6) is -3.08. The summed E-state index contributed by atoms with van der Waals surface area (Å²) in [4.78, 5) is 13.6. The number of hydrogen-bond acceptors (Lipinski definition) is 4. The number of halogens is 2. The maximum atomic E-state index is 13.3. The third-order valence-electron chi connectivity index (χ3n) is 3.03. The molecule has 0 atom stereocenters. The highest BCUT2D eigenvalue weighted by Gasteiger charge is 2.31. The highest BCUT2D eigenvalue weighted by Crippen LogP contribution is 2.14. The van der Waals surface area contributed by atoms with Gasteiger partial charge in [-0.1, -0.05) is 0 Å². The summed E-state index contributed by atoms with van der Waals surface area (Å²) in [5.41, 5.74) is -1.26. The van der Waals surface area contributed by atoms with E-state index in [1.165, 1.54) is 11.8 Å². The topological polar surface area (TPSA) is 74.2 Å². The Morgan fingerprint density at radius 1 is 1.14 bits per heavy atom. The minimum absolute atomic E-state index is 0.0851. The molecule has 0 unspecified atom stereocenters. The minimum atomic E-state index is -1.26. The molecule has 2 aromatic rings. The Bertz CT molecular complexity index is 747. The van der Waals surface area contributed by atoms with E-state index in [0.717, 1.165) is 0 Å². The van der Waals surface area contributed by atoms with Gasteiger partial charge in [-0.2, -0.15) is 9.46 Å². The van der Waals surface area contributed by atoms with E-state index in [4.69, 9.17) is 0 Å². The SMILES string of the molecule is Cc1c(C(=O)CN(C)C)[n+]([O-])c2cc(F)c(F)cc2[n+]1[O-]. The zero-order valence-electron chi connectivity index (χ0n) is 11.7. The van der Waals surface area contributed by atoms with Crippen molar-refractivity contribution >= 4 is 16.8 Å². The largest absolute Gasteiger partial charge is 0.618 e. The lowest BCUT2D eigenvalue weighted by Gasteiger charge is -2.12. The van der Waals surface area contributed by atoms with E-state index in [0.29, 0.717) is 12.1 Å². The van der Waals surface area contributed by atoms with Gasteiger partial charge in [0.05, 0.1) is 18.7 Å². The molecule has 1 aromatic heterocycles. The number of carbonyl (C=O) groups is 1. The average Bonchev–Trinajstić information content (AvgIpc) is 2.38. The smallest absolute Gasteiger partial charge is 0.330 e. The van der Waals surface area contributed by atoms with Crippen LogP contribution in [0.2, 0.25) is 0 Å². The van der Waals surface area contributed by atoms with Crippen molar-refractivity contribution in [2.45, 2.75) is 6.92 Å². The van der Waals surface area contributed by atoms with E-state index >= 15 is 0 Å². The molecule has 0 saturated carbocycles. The molecule has 2 rings (SSSR count). The quantitative estimate of drug-likeness (QED) is 0.468. The number of Topliss-reactive ketones (excluding diaryl/α,β-unsaturated/α-hetero) is 1. The third kappa shape index (κ3) is 2.49. The summed E-state index contributed by atoms with van der Waals surface area (Å²) < 4.78 is 26.9. The van der Waals surface area contributed by atoms with Crippen LogP contribution in [0.1, 0.15) is 16.2 Å². The molecule has 0 bridgehead atoms. The molecule has 0 aliphatic rings. The van der Waals surface area contributed by atoms with Crippen molar-refractivity contribution in [1.82, 2.24) is 4.90 Å². The van der Waals surface area contributed by atoms with E-state index in [-0.39, 0.29) is 32.9 Å². The fourth-order valence-electron chi connectivity index (χ4n) is 2.07. The number of aromatic nitrogens is 2. The van der Waals surface area contributed by atoms with Gasteiger partial charge in [0, 0.05) is 6.92 Å². The Morgan fingerprint density at radius 3 is 2.10 bits per heavy atom. The van der Waals surface area contributed by atoms with Crippen molar-refractivity contribution in [1.29, 1.82) is 0 Å². The highest BCUT2D eigenvalue weighted by molar-refractivity contribution is 5.95. The van der Waals surface area contributed by atoms with Crippen LogP contribution in [-0.2, 0) is 0 Å². The molecule has 0 saturated heterocycles. The van der Waals surface area contributed by atoms with E-state index in [1.807, 2.05) is 0 Å². The van der Waals surface area contributed by atoms with Gasteiger partial charge in [-0.3, -0.25) is 4.79 Å². The number of likely N-dealkylation sites (N-methyl/N-ethyl adjacent to an activating group) is 1. The Labute approximate surface area is 119 Å². The number of nitrogens with zero attached hydrogens (tertiary/aromatic N) is 3. The maximum Gasteiger partial charge on any atom is 0.330 e. The predicted octanol–water partition coefficient (Wildman–Crippen LogP) is 0.438. The van der Waals surface area contributed by atoms with Gasteiger partial charge in [0.1, 0.15) is 0 Å². The van der Waals surface area contributed by atoms with E-state index in [9.17, 15) is 24.0 Å². The summed E-state index contributed by atoms with van der Waals surface area (Å²) in [6.45, 7) is 1.20. The lowest BCUT2D eigenvalue weighted by Crippen LogP contribution is -2.47. The average molecular weight is 297 g/mol. The second-order valence-electron chi connectivity index (χ2n) is 4.94. The number of carbonyl (C=O) groups excluding carboxylic acids is 1. The number of rotatable bonds is 3. The summed E-state index contributed by atoms with van der Waals surface area (Å²) in [5, 5.41) is 24.3. The molecule has 0 aliphatic carbocycles. The van der Waals surface area contributed by atoms with Crippen LogP contribution in [0.15, 0.2) is 12.1 Å². The van der Waals surface area contributed by atoms with Crippen LogP contribution < -0.4 is 9.46 Å². The van der Waals surface area contributed by atoms with Gasteiger partial charge in [0.25, 0.3) is 16.7 Å². The Hall–Kier alpha value is -2.35. The van der Waals surface area contributed by atoms with Gasteiger partial charge in [-0.05, 0) is 14.1 Å². The van der Waals surface area contributed by atoms with Crippen LogP contribution in [0.5, 0.6) is 0 Å². The Balaban J connectivity index is 2.79. The number of hydrogen-bond donors (Lipinski definition) is 0. The number of benzene rings is 1. The summed E-state index contributed by atoms with van der Waals surface area (Å²) in [6.07, 6.45) is 0. The first kappa shape index (κ1) is 15.0. The minimum Gasteiger partial charge on any atom is -0.618 e. The second kappa shape index (κ2) is 5.21. The van der Waals surface area contributed by atoms with Crippen LogP contribution in [0.4, 0.5) is 8.78 Å². The Morgan fingerprint density at radius 2 is 1.62 bits per heavy atom. The molecule has 21 heavy (non-hydrogen) atoms. The highest BCUT2D eigenvalue weighted by atomic mass is 19.2. The molecule has 8 heteroatoms. The van der Waals surface area contributed by atoms with Crippen LogP contribution in [0, 0.1) is 29.0 Å². The van der Waals surface area contributed by atoms with Gasteiger partial charge in [-0.15, -0.1) is 0 Å². The molecule has 0 N–H and O–H groups in total. The van der Waals surface area contributed by atoms with Crippen LogP contribution in [-0.4, -0.2) is 31.3 Å². The maximum absolute atomic E-state index is 13.3. The summed E-state index contributed by atoms with van der Waals surface area (Å²) >= 11 is 0. The molecule has 1 aromatic carbocycles. The van der Waals surface area contributed by atoms with Crippen LogP contribution >= 0.6 is 0 Å². The fraction of sp³-hybridized carbons (Fsp3) is 0.308. The van der Waals surface area contributed by atoms with Crippen molar-refractivity contribution in [2.24, 2.45) is 0 Å². The molecule has 0 fully saturated rings. The van der Waals surface area contributed by atoms with Gasteiger partial charge < -0.3 is 15.3 Å². The summed E-state index contributed by atoms with van der Waals surface area (Å²) in [6, 6.07) is 1.25. The lowest BCUT2D eigenvalue weighted by atomic mass is 10.2. The van der Waals surface area contributed by atoms with Crippen LogP contribution in [0.25, 0.3) is 11.0 Å². The lowest BCUT2D eigenvalue weighted by molar-refractivity contribution is -0.635. The normalized spacial score (nSPS) is 11.3. The van der Waals surface area contributed by atoms with Gasteiger partial charge in [-0.25, -0.2) is 8.78 Å². The predicted molar refractivity (Wildman–Crippen MR) is 69.4 cm³/mol. The van der Waals surface area contributed by atoms with E-state index in [2.05, 4.69) is 0 Å². The first-order valence-electron chi connectivity index (χ1n) is 6.06. The molecule has 0 aliphatic heterocycles. The van der Waals surface area contributed by atoms with Crippen molar-refractivity contribution in [3.8, 4) is 0 Å². The molecular formula is C13H13F2N3O3. The fourth-order valence-corrected chi connectivity index (χ4v) is 2.07. The number of fused-ring (bicyclic) bond motifs is 1. The first-order chi connectivity index (χ1) is 9.73. The van der Waals surface area contributed by atoms with Gasteiger partial charge in [0.2, 0.25) is 5.78 Å². The summed E-state index contributed by atoms with van der Waals surface area (Å²) in [7, 11) is 3.26. The van der Waals surface area contributed by atoms with Gasteiger partial charge in [0.15, 0.2) is 11.6 Å². The van der Waals surface area contributed by atoms with E-state index < -0.39 is 22.9 Å².